The quantitative estimate of drug-likeness (QED) is 0.847. The molecule has 2 aromatic rings. The van der Waals surface area contributed by atoms with E-state index in [2.05, 4.69) is 4.72 Å². The summed E-state index contributed by atoms with van der Waals surface area (Å²) in [6.45, 7) is 3.28. The Balaban J connectivity index is 2.40. The van der Waals surface area contributed by atoms with E-state index in [1.54, 1.807) is 13.8 Å². The van der Waals surface area contributed by atoms with Crippen LogP contribution in [-0.4, -0.2) is 8.42 Å². The first-order valence-corrected chi connectivity index (χ1v) is 7.91. The first-order chi connectivity index (χ1) is 9.70. The van der Waals surface area contributed by atoms with Gasteiger partial charge in [0.2, 0.25) is 0 Å². The monoisotopic (exact) mass is 328 g/mol. The van der Waals surface area contributed by atoms with Gasteiger partial charge in [-0.25, -0.2) is 12.8 Å². The van der Waals surface area contributed by atoms with Crippen LogP contribution < -0.4 is 10.5 Å². The molecule has 4 nitrogen and oxygen atoms in total. The molecule has 0 fully saturated rings. The smallest absolute Gasteiger partial charge is 0.262 e. The van der Waals surface area contributed by atoms with Gasteiger partial charge in [0.25, 0.3) is 10.0 Å². The summed E-state index contributed by atoms with van der Waals surface area (Å²) in [5.41, 5.74) is 7.17. The van der Waals surface area contributed by atoms with Crippen molar-refractivity contribution in [1.29, 1.82) is 0 Å². The highest BCUT2D eigenvalue weighted by Crippen LogP contribution is 2.27. The molecular formula is C14H14ClFN2O2S. The molecule has 0 spiro atoms. The molecule has 0 bridgehead atoms. The highest BCUT2D eigenvalue weighted by atomic mass is 35.5. The average Bonchev–Trinajstić information content (AvgIpc) is 2.39. The van der Waals surface area contributed by atoms with Gasteiger partial charge in [0.05, 0.1) is 10.6 Å². The van der Waals surface area contributed by atoms with Crippen molar-refractivity contribution < 1.29 is 12.8 Å². The van der Waals surface area contributed by atoms with E-state index in [0.717, 1.165) is 6.07 Å². The summed E-state index contributed by atoms with van der Waals surface area (Å²) in [6.07, 6.45) is 0. The Morgan fingerprint density at radius 2 is 1.86 bits per heavy atom. The van der Waals surface area contributed by atoms with E-state index in [-0.39, 0.29) is 21.3 Å². The van der Waals surface area contributed by atoms with Crippen molar-refractivity contribution in [3.63, 3.8) is 0 Å². The minimum Gasteiger partial charge on any atom is -0.398 e. The van der Waals surface area contributed by atoms with Crippen LogP contribution in [-0.2, 0) is 10.0 Å². The van der Waals surface area contributed by atoms with Gasteiger partial charge >= 0.3 is 0 Å². The molecule has 7 heteroatoms. The van der Waals surface area contributed by atoms with E-state index in [9.17, 15) is 12.8 Å². The fourth-order valence-electron chi connectivity index (χ4n) is 1.70. The van der Waals surface area contributed by atoms with Gasteiger partial charge in [-0.1, -0.05) is 17.7 Å². The van der Waals surface area contributed by atoms with E-state index in [4.69, 9.17) is 17.3 Å². The number of nitrogen functional groups attached to an aromatic ring is 1. The topological polar surface area (TPSA) is 72.2 Å². The number of benzene rings is 2. The summed E-state index contributed by atoms with van der Waals surface area (Å²) in [4.78, 5) is -0.0726. The van der Waals surface area contributed by atoms with E-state index >= 15 is 0 Å². The number of nitrogens with one attached hydrogen (secondary N) is 1. The van der Waals surface area contributed by atoms with Crippen LogP contribution in [0.15, 0.2) is 35.2 Å². The molecule has 0 aliphatic rings. The number of sulfonamides is 1. The van der Waals surface area contributed by atoms with E-state index in [1.807, 2.05) is 0 Å². The number of aryl methyl sites for hydroxylation is 1. The van der Waals surface area contributed by atoms with Gasteiger partial charge < -0.3 is 5.73 Å². The molecule has 112 valence electrons. The van der Waals surface area contributed by atoms with Gasteiger partial charge in [-0.3, -0.25) is 4.72 Å². The van der Waals surface area contributed by atoms with E-state index < -0.39 is 15.8 Å². The Hall–Kier alpha value is -1.79. The summed E-state index contributed by atoms with van der Waals surface area (Å²) in [7, 11) is -3.89. The Labute approximate surface area is 127 Å². The Morgan fingerprint density at radius 1 is 1.19 bits per heavy atom. The number of nitrogens with two attached hydrogens (primary N) is 1. The fourth-order valence-corrected chi connectivity index (χ4v) is 3.10. The van der Waals surface area contributed by atoms with Gasteiger partial charge in [-0.05, 0) is 49.2 Å². The number of halogens is 2. The molecule has 0 saturated heterocycles. The highest BCUT2D eigenvalue weighted by molar-refractivity contribution is 7.92. The van der Waals surface area contributed by atoms with Gasteiger partial charge in [-0.15, -0.1) is 0 Å². The van der Waals surface area contributed by atoms with Crippen molar-refractivity contribution in [2.45, 2.75) is 18.7 Å². The minimum atomic E-state index is -3.89. The lowest BCUT2D eigenvalue weighted by Gasteiger charge is -2.11. The Bertz CT molecular complexity index is 784. The van der Waals surface area contributed by atoms with Crippen LogP contribution in [0.2, 0.25) is 5.02 Å². The lowest BCUT2D eigenvalue weighted by Crippen LogP contribution is -2.14. The zero-order valence-electron chi connectivity index (χ0n) is 11.4. The lowest BCUT2D eigenvalue weighted by atomic mass is 10.2. The van der Waals surface area contributed by atoms with Crippen LogP contribution in [0.25, 0.3) is 0 Å². The van der Waals surface area contributed by atoms with Gasteiger partial charge in [-0.2, -0.15) is 0 Å². The van der Waals surface area contributed by atoms with E-state index in [1.165, 1.54) is 24.3 Å². The fraction of sp³-hybridized carbons (Fsp3) is 0.143. The summed E-state index contributed by atoms with van der Waals surface area (Å²) in [5.74, 6) is -0.489. The van der Waals surface area contributed by atoms with Crippen LogP contribution in [0.4, 0.5) is 15.8 Å². The summed E-state index contributed by atoms with van der Waals surface area (Å²) in [5, 5.41) is 0.255. The number of hydrogen-bond acceptors (Lipinski definition) is 3. The normalized spacial score (nSPS) is 11.4. The first-order valence-electron chi connectivity index (χ1n) is 6.05. The third-order valence-corrected chi connectivity index (χ3v) is 4.85. The van der Waals surface area contributed by atoms with Crippen LogP contribution in [0.1, 0.15) is 11.1 Å². The van der Waals surface area contributed by atoms with Crippen molar-refractivity contribution in [2.24, 2.45) is 0 Å². The number of anilines is 2. The molecule has 2 rings (SSSR count). The van der Waals surface area contributed by atoms with Crippen molar-refractivity contribution in [2.75, 3.05) is 10.5 Å². The molecule has 0 aliphatic carbocycles. The summed E-state index contributed by atoms with van der Waals surface area (Å²) < 4.78 is 40.3. The third-order valence-electron chi connectivity index (χ3n) is 3.09. The highest BCUT2D eigenvalue weighted by Gasteiger charge is 2.17. The van der Waals surface area contributed by atoms with Crippen LogP contribution in [0.3, 0.4) is 0 Å². The van der Waals surface area contributed by atoms with Crippen molar-refractivity contribution in [3.8, 4) is 0 Å². The molecular weight excluding hydrogens is 315 g/mol. The number of hydrogen-bond donors (Lipinski definition) is 2. The first kappa shape index (κ1) is 15.6. The SMILES string of the molecule is Cc1ccc(NS(=O)(=O)c2cc(N)c(C)c(Cl)c2)cc1F. The lowest BCUT2D eigenvalue weighted by molar-refractivity contribution is 0.601. The maximum Gasteiger partial charge on any atom is 0.262 e. The zero-order valence-corrected chi connectivity index (χ0v) is 13.0. The average molecular weight is 329 g/mol. The molecule has 0 amide bonds. The molecule has 0 radical (unpaired) electrons. The Kier molecular flexibility index (Phi) is 4.11. The standard InChI is InChI=1S/C14H14ClFN2O2S/c1-8-3-4-10(5-13(8)16)18-21(19,20)11-6-12(15)9(2)14(17)7-11/h3-7,18H,17H2,1-2H3. The maximum absolute atomic E-state index is 13.5. The molecule has 0 aromatic heterocycles. The third kappa shape index (κ3) is 3.28. The molecule has 3 N–H and O–H groups in total. The van der Waals surface area contributed by atoms with Crippen LogP contribution in [0, 0.1) is 19.7 Å². The van der Waals surface area contributed by atoms with Gasteiger partial charge in [0.1, 0.15) is 5.82 Å². The molecule has 21 heavy (non-hydrogen) atoms. The minimum absolute atomic E-state index is 0.0726. The van der Waals surface area contributed by atoms with Gasteiger partial charge in [0.15, 0.2) is 0 Å². The molecule has 0 saturated carbocycles. The second-order valence-electron chi connectivity index (χ2n) is 4.69. The van der Waals surface area contributed by atoms with Crippen molar-refractivity contribution in [3.05, 3.63) is 52.3 Å². The van der Waals surface area contributed by atoms with E-state index in [0.29, 0.717) is 11.1 Å². The van der Waals surface area contributed by atoms with Crippen molar-refractivity contribution >= 4 is 33.0 Å². The maximum atomic E-state index is 13.5. The molecule has 0 unspecified atom stereocenters. The second-order valence-corrected chi connectivity index (χ2v) is 6.78. The molecule has 0 atom stereocenters. The van der Waals surface area contributed by atoms with Crippen molar-refractivity contribution in [1.82, 2.24) is 0 Å². The largest absolute Gasteiger partial charge is 0.398 e. The zero-order chi connectivity index (χ0) is 15.8. The van der Waals surface area contributed by atoms with Crippen LogP contribution in [0.5, 0.6) is 0 Å². The molecule has 0 aliphatic heterocycles. The van der Waals surface area contributed by atoms with Gasteiger partial charge in [0, 0.05) is 10.7 Å². The Morgan fingerprint density at radius 3 is 2.43 bits per heavy atom. The molecule has 0 heterocycles. The second kappa shape index (κ2) is 5.54. The summed E-state index contributed by atoms with van der Waals surface area (Å²) >= 11 is 5.94. The predicted molar refractivity (Wildman–Crippen MR) is 82.5 cm³/mol. The number of rotatable bonds is 3. The summed E-state index contributed by atoms with van der Waals surface area (Å²) in [6, 6.07) is 6.71. The van der Waals surface area contributed by atoms with Crippen LogP contribution >= 0.6 is 11.6 Å². The predicted octanol–water partition coefficient (Wildman–Crippen LogP) is 3.48. The molecule has 2 aromatic carbocycles.